The van der Waals surface area contributed by atoms with Crippen molar-refractivity contribution in [2.45, 2.75) is 37.4 Å². The molecule has 0 aliphatic rings. The largest absolute Gasteiger partial charge is 0.508 e. The summed E-state index contributed by atoms with van der Waals surface area (Å²) < 4.78 is 0. The Morgan fingerprint density at radius 1 is 0.872 bits per heavy atom. The fourth-order valence-electron chi connectivity index (χ4n) is 3.90. The Balaban J connectivity index is 1.55. The van der Waals surface area contributed by atoms with Crippen LogP contribution in [-0.2, 0) is 36.8 Å². The molecule has 39 heavy (non-hydrogen) atoms. The molecule has 0 bridgehead atoms. The highest BCUT2D eigenvalue weighted by atomic mass is 16.4. The van der Waals surface area contributed by atoms with E-state index in [1.807, 2.05) is 24.3 Å². The molecule has 13 nitrogen and oxygen atoms in total. The number of carbonyl (C=O) groups is 5. The average molecular weight is 540 g/mol. The van der Waals surface area contributed by atoms with E-state index in [2.05, 4.69) is 20.9 Å². The highest BCUT2D eigenvalue weighted by molar-refractivity contribution is 5.94. The molecule has 0 aliphatic carbocycles. The van der Waals surface area contributed by atoms with Crippen LogP contribution in [0.2, 0.25) is 0 Å². The van der Waals surface area contributed by atoms with Gasteiger partial charge in [0.15, 0.2) is 0 Å². The van der Waals surface area contributed by atoms with Gasteiger partial charge in [-0.25, -0.2) is 4.79 Å². The molecular weight excluding hydrogens is 510 g/mol. The topological polar surface area (TPSA) is 224 Å². The number of aromatic nitrogens is 1. The van der Waals surface area contributed by atoms with Crippen LogP contribution < -0.4 is 21.7 Å². The van der Waals surface area contributed by atoms with E-state index in [9.17, 15) is 39.3 Å². The predicted molar refractivity (Wildman–Crippen MR) is 139 cm³/mol. The highest BCUT2D eigenvalue weighted by Crippen LogP contribution is 2.18. The second-order valence-corrected chi connectivity index (χ2v) is 8.88. The predicted octanol–water partition coefficient (Wildman–Crippen LogP) is -0.369. The molecule has 0 aliphatic heterocycles. The van der Waals surface area contributed by atoms with Gasteiger partial charge in [-0.05, 0) is 35.7 Å². The number of phenolic OH excluding ortho intramolecular Hbond substituents is 1. The zero-order chi connectivity index (χ0) is 28.5. The molecule has 1 aromatic heterocycles. The number of carboxylic acid groups (broad SMARTS) is 2. The lowest BCUT2D eigenvalue weighted by molar-refractivity contribution is -0.143. The summed E-state index contributed by atoms with van der Waals surface area (Å²) in [5.41, 5.74) is 8.18. The molecule has 3 unspecified atom stereocenters. The molecule has 13 heteroatoms. The molecule has 2 aromatic carbocycles. The minimum absolute atomic E-state index is 0.0232. The summed E-state index contributed by atoms with van der Waals surface area (Å²) >= 11 is 0. The standard InChI is InChI=1S/C26H29N5O8/c27-18(10-15-12-28-19-4-2-1-3-17(15)19)24(36)29-13-22(33)30-20(11-23(34)35)25(37)31-21(26(38)39)9-14-5-7-16(32)8-6-14/h1-8,12,18,20-21,28,32H,9-11,13,27H2,(H,29,36)(H,30,33)(H,31,37)(H,34,35)(H,38,39). The van der Waals surface area contributed by atoms with E-state index in [0.717, 1.165) is 16.5 Å². The zero-order valence-electron chi connectivity index (χ0n) is 20.7. The van der Waals surface area contributed by atoms with Gasteiger partial charge in [0.1, 0.15) is 17.8 Å². The van der Waals surface area contributed by atoms with Crippen molar-refractivity contribution in [1.82, 2.24) is 20.9 Å². The van der Waals surface area contributed by atoms with Crippen molar-refractivity contribution in [3.8, 4) is 5.75 Å². The Morgan fingerprint density at radius 3 is 2.23 bits per heavy atom. The number of fused-ring (bicyclic) bond motifs is 1. The summed E-state index contributed by atoms with van der Waals surface area (Å²) in [5.74, 6) is -5.34. The van der Waals surface area contributed by atoms with E-state index < -0.39 is 60.8 Å². The molecule has 206 valence electrons. The quantitative estimate of drug-likeness (QED) is 0.142. The Kier molecular flexibility index (Phi) is 9.59. The third kappa shape index (κ3) is 8.30. The Morgan fingerprint density at radius 2 is 1.56 bits per heavy atom. The van der Waals surface area contributed by atoms with Crippen molar-refractivity contribution < 1.29 is 39.3 Å². The lowest BCUT2D eigenvalue weighted by Gasteiger charge is -2.21. The van der Waals surface area contributed by atoms with E-state index in [0.29, 0.717) is 5.56 Å². The van der Waals surface area contributed by atoms with Crippen molar-refractivity contribution in [3.63, 3.8) is 0 Å². The van der Waals surface area contributed by atoms with E-state index in [1.54, 1.807) is 6.20 Å². The fourth-order valence-corrected chi connectivity index (χ4v) is 3.90. The van der Waals surface area contributed by atoms with Crippen LogP contribution in [0.3, 0.4) is 0 Å². The maximum Gasteiger partial charge on any atom is 0.326 e. The van der Waals surface area contributed by atoms with Crippen LogP contribution in [0.5, 0.6) is 5.75 Å². The summed E-state index contributed by atoms with van der Waals surface area (Å²) in [5, 5.41) is 35.8. The number of phenols is 1. The molecule has 1 heterocycles. The lowest BCUT2D eigenvalue weighted by atomic mass is 10.0. The van der Waals surface area contributed by atoms with Gasteiger partial charge >= 0.3 is 11.9 Å². The summed E-state index contributed by atoms with van der Waals surface area (Å²) in [4.78, 5) is 63.6. The van der Waals surface area contributed by atoms with Gasteiger partial charge in [0.2, 0.25) is 17.7 Å². The number of nitrogens with two attached hydrogens (primary N) is 1. The van der Waals surface area contributed by atoms with E-state index >= 15 is 0 Å². The summed E-state index contributed by atoms with van der Waals surface area (Å²) in [6, 6.07) is 9.11. The number of carboxylic acids is 2. The molecule has 3 rings (SSSR count). The Hall–Kier alpha value is -4.91. The maximum absolute atomic E-state index is 12.7. The smallest absolute Gasteiger partial charge is 0.326 e. The molecular formula is C26H29N5O8. The number of para-hydroxylation sites is 1. The van der Waals surface area contributed by atoms with Crippen LogP contribution in [0.1, 0.15) is 17.5 Å². The van der Waals surface area contributed by atoms with Gasteiger partial charge in [-0.15, -0.1) is 0 Å². The number of aliphatic carboxylic acids is 2. The Labute approximate surface area is 222 Å². The fraction of sp³-hybridized carbons (Fsp3) is 0.269. The number of nitrogens with one attached hydrogen (secondary N) is 4. The van der Waals surface area contributed by atoms with Crippen molar-refractivity contribution in [3.05, 3.63) is 65.9 Å². The lowest BCUT2D eigenvalue weighted by Crippen LogP contribution is -2.54. The number of aromatic amines is 1. The zero-order valence-corrected chi connectivity index (χ0v) is 20.7. The third-order valence-electron chi connectivity index (χ3n) is 5.90. The van der Waals surface area contributed by atoms with Crippen LogP contribution in [0, 0.1) is 0 Å². The molecule has 0 saturated heterocycles. The minimum atomic E-state index is -1.60. The molecule has 0 radical (unpaired) electrons. The van der Waals surface area contributed by atoms with E-state index in [-0.39, 0.29) is 18.6 Å². The first kappa shape index (κ1) is 28.7. The molecule has 3 aromatic rings. The van der Waals surface area contributed by atoms with Crippen molar-refractivity contribution in [2.24, 2.45) is 5.73 Å². The number of H-pyrrole nitrogens is 1. The summed E-state index contributed by atoms with van der Waals surface area (Å²) in [7, 11) is 0. The normalized spacial score (nSPS) is 13.2. The van der Waals surface area contributed by atoms with Crippen molar-refractivity contribution in [2.75, 3.05) is 6.54 Å². The third-order valence-corrected chi connectivity index (χ3v) is 5.90. The number of carbonyl (C=O) groups excluding carboxylic acids is 3. The highest BCUT2D eigenvalue weighted by Gasteiger charge is 2.29. The van der Waals surface area contributed by atoms with Crippen molar-refractivity contribution >= 4 is 40.6 Å². The van der Waals surface area contributed by atoms with Crippen LogP contribution in [0.25, 0.3) is 10.9 Å². The first-order valence-corrected chi connectivity index (χ1v) is 11.9. The SMILES string of the molecule is NC(Cc1c[nH]c2ccccc12)C(=O)NCC(=O)NC(CC(=O)O)C(=O)NC(Cc1ccc(O)cc1)C(=O)O. The van der Waals surface area contributed by atoms with Crippen molar-refractivity contribution in [1.29, 1.82) is 0 Å². The van der Waals surface area contributed by atoms with Gasteiger partial charge < -0.3 is 42.0 Å². The molecule has 0 saturated carbocycles. The van der Waals surface area contributed by atoms with Gasteiger partial charge in [-0.3, -0.25) is 19.2 Å². The summed E-state index contributed by atoms with van der Waals surface area (Å²) in [6.07, 6.45) is 0.960. The number of rotatable bonds is 13. The van der Waals surface area contributed by atoms with Crippen LogP contribution in [-0.4, -0.2) is 74.6 Å². The maximum atomic E-state index is 12.7. The van der Waals surface area contributed by atoms with E-state index in [1.165, 1.54) is 24.3 Å². The van der Waals surface area contributed by atoms with Crippen LogP contribution in [0.4, 0.5) is 0 Å². The minimum Gasteiger partial charge on any atom is -0.508 e. The first-order chi connectivity index (χ1) is 18.5. The summed E-state index contributed by atoms with van der Waals surface area (Å²) in [6.45, 7) is -0.584. The van der Waals surface area contributed by atoms with Gasteiger partial charge in [-0.2, -0.15) is 0 Å². The molecule has 9 N–H and O–H groups in total. The number of hydrogen-bond donors (Lipinski definition) is 8. The Bertz CT molecular complexity index is 1350. The average Bonchev–Trinajstić information content (AvgIpc) is 3.30. The monoisotopic (exact) mass is 539 g/mol. The van der Waals surface area contributed by atoms with E-state index in [4.69, 9.17) is 5.73 Å². The van der Waals surface area contributed by atoms with Gasteiger partial charge in [-0.1, -0.05) is 30.3 Å². The first-order valence-electron chi connectivity index (χ1n) is 11.9. The second-order valence-electron chi connectivity index (χ2n) is 8.88. The molecule has 0 fully saturated rings. The van der Waals surface area contributed by atoms with Gasteiger partial charge in [0.05, 0.1) is 19.0 Å². The van der Waals surface area contributed by atoms with Crippen LogP contribution in [0.15, 0.2) is 54.7 Å². The molecule has 3 amide bonds. The van der Waals surface area contributed by atoms with Gasteiger partial charge in [0.25, 0.3) is 0 Å². The number of amides is 3. The van der Waals surface area contributed by atoms with Crippen LogP contribution >= 0.6 is 0 Å². The number of hydrogen-bond acceptors (Lipinski definition) is 7. The number of benzene rings is 2. The number of aromatic hydroxyl groups is 1. The molecule has 0 spiro atoms. The molecule has 3 atom stereocenters. The van der Waals surface area contributed by atoms with Gasteiger partial charge in [0, 0.05) is 23.5 Å². The second kappa shape index (κ2) is 13.1.